The minimum atomic E-state index is 0.801. The van der Waals surface area contributed by atoms with Crippen LogP contribution in [0.25, 0.3) is 11.3 Å². The van der Waals surface area contributed by atoms with E-state index >= 15 is 0 Å². The number of aromatic amines is 1. The molecule has 3 nitrogen and oxygen atoms in total. The van der Waals surface area contributed by atoms with Gasteiger partial charge in [0.25, 0.3) is 0 Å². The maximum absolute atomic E-state index is 4.60. The van der Waals surface area contributed by atoms with E-state index in [-0.39, 0.29) is 0 Å². The van der Waals surface area contributed by atoms with Crippen molar-refractivity contribution in [3.63, 3.8) is 0 Å². The molecule has 3 heteroatoms. The lowest BCUT2D eigenvalue weighted by molar-refractivity contribution is 1.02. The van der Waals surface area contributed by atoms with E-state index in [1.54, 1.807) is 12.4 Å². The quantitative estimate of drug-likeness (QED) is 0.758. The normalized spacial score (nSPS) is 10.4. The van der Waals surface area contributed by atoms with Gasteiger partial charge in [-0.1, -0.05) is 30.3 Å². The van der Waals surface area contributed by atoms with Crippen molar-refractivity contribution in [2.24, 2.45) is 0 Å². The van der Waals surface area contributed by atoms with Gasteiger partial charge in [0.05, 0.1) is 5.69 Å². The van der Waals surface area contributed by atoms with E-state index in [4.69, 9.17) is 0 Å². The molecular formula is C15H13N3. The first-order valence-electron chi connectivity index (χ1n) is 5.90. The van der Waals surface area contributed by atoms with Gasteiger partial charge in [0.2, 0.25) is 0 Å². The largest absolute Gasteiger partial charge is 0.348 e. The van der Waals surface area contributed by atoms with E-state index in [0.29, 0.717) is 0 Å². The monoisotopic (exact) mass is 235 g/mol. The Morgan fingerprint density at radius 2 is 1.72 bits per heavy atom. The van der Waals surface area contributed by atoms with Gasteiger partial charge in [0.15, 0.2) is 0 Å². The molecule has 1 N–H and O–H groups in total. The van der Waals surface area contributed by atoms with Crippen molar-refractivity contribution >= 4 is 0 Å². The van der Waals surface area contributed by atoms with Gasteiger partial charge in [-0.3, -0.25) is 4.98 Å². The number of pyridine rings is 1. The van der Waals surface area contributed by atoms with Crippen LogP contribution in [-0.4, -0.2) is 15.0 Å². The standard InChI is InChI=1S/C15H13N3/c1-2-4-13(5-3-1)14-11-17-15(18-14)10-12-6-8-16-9-7-12/h1-9,11H,10H2,(H,17,18). The summed E-state index contributed by atoms with van der Waals surface area (Å²) in [5, 5.41) is 0. The van der Waals surface area contributed by atoms with Crippen LogP contribution < -0.4 is 0 Å². The lowest BCUT2D eigenvalue weighted by Crippen LogP contribution is -1.90. The van der Waals surface area contributed by atoms with Crippen LogP contribution in [0.1, 0.15) is 11.4 Å². The van der Waals surface area contributed by atoms with Gasteiger partial charge in [0.1, 0.15) is 5.82 Å². The maximum atomic E-state index is 4.60. The lowest BCUT2D eigenvalue weighted by atomic mass is 10.2. The highest BCUT2D eigenvalue weighted by atomic mass is 14.9. The summed E-state index contributed by atoms with van der Waals surface area (Å²) in [5.41, 5.74) is 3.33. The van der Waals surface area contributed by atoms with Crippen LogP contribution in [0.3, 0.4) is 0 Å². The highest BCUT2D eigenvalue weighted by Crippen LogP contribution is 2.17. The Balaban J connectivity index is 1.82. The fraction of sp³-hybridized carbons (Fsp3) is 0.0667. The van der Waals surface area contributed by atoms with Crippen LogP contribution in [0.5, 0.6) is 0 Å². The second kappa shape index (κ2) is 4.84. The second-order valence-electron chi connectivity index (χ2n) is 4.13. The smallest absolute Gasteiger partial charge is 0.111 e. The van der Waals surface area contributed by atoms with Crippen molar-refractivity contribution in [1.82, 2.24) is 15.0 Å². The van der Waals surface area contributed by atoms with Crippen molar-refractivity contribution in [3.05, 3.63) is 72.4 Å². The summed E-state index contributed by atoms with van der Waals surface area (Å²) in [6, 6.07) is 14.2. The van der Waals surface area contributed by atoms with E-state index in [0.717, 1.165) is 23.5 Å². The van der Waals surface area contributed by atoms with Crippen LogP contribution in [0.15, 0.2) is 61.1 Å². The third-order valence-corrected chi connectivity index (χ3v) is 2.82. The van der Waals surface area contributed by atoms with Crippen LogP contribution in [-0.2, 0) is 6.42 Å². The zero-order valence-corrected chi connectivity index (χ0v) is 9.88. The van der Waals surface area contributed by atoms with Gasteiger partial charge in [-0.25, -0.2) is 4.98 Å². The Bertz CT molecular complexity index is 615. The van der Waals surface area contributed by atoms with Crippen LogP contribution in [0, 0.1) is 0 Å². The van der Waals surface area contributed by atoms with Gasteiger partial charge in [0, 0.05) is 30.6 Å². The van der Waals surface area contributed by atoms with E-state index < -0.39 is 0 Å². The van der Waals surface area contributed by atoms with Gasteiger partial charge < -0.3 is 4.98 Å². The minimum absolute atomic E-state index is 0.801. The minimum Gasteiger partial charge on any atom is -0.348 e. The predicted molar refractivity (Wildman–Crippen MR) is 71.1 cm³/mol. The van der Waals surface area contributed by atoms with E-state index in [1.165, 1.54) is 5.56 Å². The van der Waals surface area contributed by atoms with Crippen LogP contribution in [0.4, 0.5) is 0 Å². The van der Waals surface area contributed by atoms with Gasteiger partial charge >= 0.3 is 0 Å². The number of H-pyrrole nitrogens is 1. The molecule has 18 heavy (non-hydrogen) atoms. The van der Waals surface area contributed by atoms with Crippen LogP contribution in [0.2, 0.25) is 0 Å². The average Bonchev–Trinajstić information content (AvgIpc) is 2.89. The maximum Gasteiger partial charge on any atom is 0.111 e. The molecule has 0 spiro atoms. The fourth-order valence-corrected chi connectivity index (χ4v) is 1.90. The third-order valence-electron chi connectivity index (χ3n) is 2.82. The molecule has 0 aliphatic heterocycles. The molecule has 0 saturated carbocycles. The summed E-state index contributed by atoms with van der Waals surface area (Å²) in [4.78, 5) is 11.8. The van der Waals surface area contributed by atoms with Crippen molar-refractivity contribution in [2.45, 2.75) is 6.42 Å². The van der Waals surface area contributed by atoms with Crippen molar-refractivity contribution in [3.8, 4) is 11.3 Å². The molecule has 0 saturated heterocycles. The number of hydrogen-bond acceptors (Lipinski definition) is 2. The molecule has 0 aliphatic carbocycles. The van der Waals surface area contributed by atoms with Gasteiger partial charge in [-0.2, -0.15) is 0 Å². The molecule has 0 bridgehead atoms. The highest BCUT2D eigenvalue weighted by Gasteiger charge is 2.03. The number of imidazole rings is 1. The molecule has 88 valence electrons. The van der Waals surface area contributed by atoms with Crippen LogP contribution >= 0.6 is 0 Å². The fourth-order valence-electron chi connectivity index (χ4n) is 1.90. The zero-order valence-electron chi connectivity index (χ0n) is 9.88. The first-order chi connectivity index (χ1) is 8.92. The molecule has 2 aromatic heterocycles. The molecule has 0 aliphatic rings. The summed E-state index contributed by atoms with van der Waals surface area (Å²) in [6.07, 6.45) is 6.36. The molecule has 3 aromatic rings. The first kappa shape index (κ1) is 10.7. The number of aromatic nitrogens is 3. The Labute approximate surface area is 106 Å². The van der Waals surface area contributed by atoms with Crippen molar-refractivity contribution in [2.75, 3.05) is 0 Å². The van der Waals surface area contributed by atoms with Gasteiger partial charge in [-0.15, -0.1) is 0 Å². The molecule has 0 radical (unpaired) electrons. The number of rotatable bonds is 3. The molecule has 1 aromatic carbocycles. The highest BCUT2D eigenvalue weighted by molar-refractivity contribution is 5.58. The lowest BCUT2D eigenvalue weighted by Gasteiger charge is -1.97. The number of benzene rings is 1. The Morgan fingerprint density at radius 3 is 2.50 bits per heavy atom. The van der Waals surface area contributed by atoms with Crippen molar-refractivity contribution in [1.29, 1.82) is 0 Å². The summed E-state index contributed by atoms with van der Waals surface area (Å²) >= 11 is 0. The molecule has 0 unspecified atom stereocenters. The summed E-state index contributed by atoms with van der Waals surface area (Å²) in [6.45, 7) is 0. The number of nitrogens with zero attached hydrogens (tertiary/aromatic N) is 2. The van der Waals surface area contributed by atoms with Crippen molar-refractivity contribution < 1.29 is 0 Å². The van der Waals surface area contributed by atoms with E-state index in [1.807, 2.05) is 36.5 Å². The average molecular weight is 235 g/mol. The topological polar surface area (TPSA) is 41.6 Å². The Kier molecular flexibility index (Phi) is 2.88. The SMILES string of the molecule is c1ccc(-c2c[nH]c(Cc3ccncc3)n2)cc1. The second-order valence-corrected chi connectivity index (χ2v) is 4.13. The molecule has 0 fully saturated rings. The predicted octanol–water partition coefficient (Wildman–Crippen LogP) is 3.06. The van der Waals surface area contributed by atoms with Gasteiger partial charge in [-0.05, 0) is 17.7 Å². The molecular weight excluding hydrogens is 222 g/mol. The molecule has 0 amide bonds. The zero-order chi connectivity index (χ0) is 12.2. The number of nitrogens with one attached hydrogen (secondary N) is 1. The molecule has 3 rings (SSSR count). The molecule has 2 heterocycles. The summed E-state index contributed by atoms with van der Waals surface area (Å²) in [5.74, 6) is 0.972. The Morgan fingerprint density at radius 1 is 0.944 bits per heavy atom. The summed E-state index contributed by atoms with van der Waals surface area (Å²) < 4.78 is 0. The molecule has 0 atom stereocenters. The van der Waals surface area contributed by atoms with E-state index in [9.17, 15) is 0 Å². The Hall–Kier alpha value is -2.42. The first-order valence-corrected chi connectivity index (χ1v) is 5.90. The third kappa shape index (κ3) is 2.30. The number of hydrogen-bond donors (Lipinski definition) is 1. The summed E-state index contributed by atoms with van der Waals surface area (Å²) in [7, 11) is 0. The van der Waals surface area contributed by atoms with E-state index in [2.05, 4.69) is 27.1 Å².